The summed E-state index contributed by atoms with van der Waals surface area (Å²) in [7, 11) is 0.196. The largest absolute Gasteiger partial charge is 0.493 e. The van der Waals surface area contributed by atoms with Crippen LogP contribution in [0.2, 0.25) is 0 Å². The van der Waals surface area contributed by atoms with Crippen LogP contribution in [0, 0.1) is 10.1 Å². The van der Waals surface area contributed by atoms with E-state index in [9.17, 15) is 18.5 Å². The normalized spacial score (nSPS) is 16.2. The molecule has 0 spiro atoms. The van der Waals surface area contributed by atoms with Gasteiger partial charge in [-0.15, -0.1) is 0 Å². The van der Waals surface area contributed by atoms with Gasteiger partial charge in [0.25, 0.3) is 15.7 Å². The summed E-state index contributed by atoms with van der Waals surface area (Å²) in [5.74, 6) is 1.13. The van der Waals surface area contributed by atoms with Crippen LogP contribution in [0.25, 0.3) is 0 Å². The van der Waals surface area contributed by atoms with E-state index in [0.29, 0.717) is 29.4 Å². The number of hydrogen-bond acceptors (Lipinski definition) is 7. The molecule has 0 bridgehead atoms. The zero-order valence-electron chi connectivity index (χ0n) is 18.3. The molecule has 1 aliphatic rings. The van der Waals surface area contributed by atoms with Crippen LogP contribution < -0.4 is 14.2 Å². The zero-order valence-corrected chi connectivity index (χ0v) is 19.1. The Balaban J connectivity index is 1.93. The predicted octanol–water partition coefficient (Wildman–Crippen LogP) is 3.22. The van der Waals surface area contributed by atoms with Crippen LogP contribution in [0.4, 0.5) is 5.69 Å². The molecule has 0 amide bonds. The van der Waals surface area contributed by atoms with E-state index in [4.69, 9.17) is 14.2 Å². The van der Waals surface area contributed by atoms with Crippen molar-refractivity contribution in [3.05, 3.63) is 76.1 Å². The van der Waals surface area contributed by atoms with Crippen LogP contribution >= 0.6 is 0 Å². The SMILES string of the molecule is COc1cc([C@@H]2c3cccn3CCN2S(=O)(=O)c2ccccc2[N+](=O)[O-])cc(OC)c1OC. The lowest BCUT2D eigenvalue weighted by Crippen LogP contribution is -2.42. The minimum atomic E-state index is -4.25. The highest BCUT2D eigenvalue weighted by Gasteiger charge is 2.41. The fourth-order valence-corrected chi connectivity index (χ4v) is 5.91. The summed E-state index contributed by atoms with van der Waals surface area (Å²) in [6, 6.07) is 11.6. The van der Waals surface area contributed by atoms with Gasteiger partial charge < -0.3 is 18.8 Å². The Labute approximate surface area is 191 Å². The third kappa shape index (κ3) is 3.79. The quantitative estimate of drug-likeness (QED) is 0.382. The molecule has 2 aromatic carbocycles. The second-order valence-corrected chi connectivity index (χ2v) is 9.19. The third-order valence-electron chi connectivity index (χ3n) is 5.65. The van der Waals surface area contributed by atoms with Gasteiger partial charge in [-0.3, -0.25) is 10.1 Å². The minimum Gasteiger partial charge on any atom is -0.493 e. The molecule has 0 fully saturated rings. The summed E-state index contributed by atoms with van der Waals surface area (Å²) in [5, 5.41) is 11.6. The Morgan fingerprint density at radius 3 is 2.24 bits per heavy atom. The molecule has 1 atom stereocenters. The summed E-state index contributed by atoms with van der Waals surface area (Å²) in [4.78, 5) is 10.5. The molecule has 0 N–H and O–H groups in total. The molecule has 3 aromatic rings. The zero-order chi connectivity index (χ0) is 23.8. The molecule has 0 unspecified atom stereocenters. The molecule has 1 aliphatic heterocycles. The van der Waals surface area contributed by atoms with E-state index in [1.54, 1.807) is 12.1 Å². The molecule has 33 heavy (non-hydrogen) atoms. The predicted molar refractivity (Wildman–Crippen MR) is 119 cm³/mol. The number of nitro groups is 1. The third-order valence-corrected chi connectivity index (χ3v) is 7.56. The fraction of sp³-hybridized carbons (Fsp3) is 0.273. The second-order valence-electron chi connectivity index (χ2n) is 7.33. The standard InChI is InChI=1S/C22H23N3O7S/c1-30-18-13-15(14-19(31-2)22(18)32-3)21-17-8-6-10-23(17)11-12-24(21)33(28,29)20-9-5-4-7-16(20)25(26)27/h4-10,13-14,21H,11-12H2,1-3H3/t21-/m1/s1. The number of fused-ring (bicyclic) bond motifs is 1. The first kappa shape index (κ1) is 22.6. The maximum absolute atomic E-state index is 13.8. The van der Waals surface area contributed by atoms with Gasteiger partial charge in [-0.05, 0) is 35.9 Å². The van der Waals surface area contributed by atoms with Crippen molar-refractivity contribution in [3.63, 3.8) is 0 Å². The monoisotopic (exact) mass is 473 g/mol. The number of benzene rings is 2. The maximum Gasteiger partial charge on any atom is 0.289 e. The average Bonchev–Trinajstić information content (AvgIpc) is 3.31. The van der Waals surface area contributed by atoms with E-state index in [0.717, 1.165) is 5.69 Å². The van der Waals surface area contributed by atoms with Crippen molar-refractivity contribution in [3.8, 4) is 17.2 Å². The molecule has 4 rings (SSSR count). The molecular weight excluding hydrogens is 450 g/mol. The molecule has 10 nitrogen and oxygen atoms in total. The number of para-hydroxylation sites is 1. The lowest BCUT2D eigenvalue weighted by molar-refractivity contribution is -0.387. The molecule has 0 saturated heterocycles. The van der Waals surface area contributed by atoms with Crippen molar-refractivity contribution in [2.24, 2.45) is 0 Å². The van der Waals surface area contributed by atoms with Gasteiger partial charge in [0.2, 0.25) is 5.75 Å². The van der Waals surface area contributed by atoms with Crippen LogP contribution in [-0.2, 0) is 16.6 Å². The van der Waals surface area contributed by atoms with Gasteiger partial charge in [0.05, 0.1) is 32.3 Å². The van der Waals surface area contributed by atoms with Crippen LogP contribution in [0.15, 0.2) is 59.6 Å². The number of rotatable bonds is 7. The summed E-state index contributed by atoms with van der Waals surface area (Å²) in [6.45, 7) is 0.528. The van der Waals surface area contributed by atoms with Crippen molar-refractivity contribution in [1.82, 2.24) is 8.87 Å². The number of aromatic nitrogens is 1. The number of ether oxygens (including phenoxy) is 3. The number of sulfonamides is 1. The van der Waals surface area contributed by atoms with Crippen molar-refractivity contribution in [1.29, 1.82) is 0 Å². The Morgan fingerprint density at radius 1 is 0.970 bits per heavy atom. The molecule has 1 aromatic heterocycles. The molecular formula is C22H23N3O7S. The van der Waals surface area contributed by atoms with Gasteiger partial charge in [0.15, 0.2) is 16.4 Å². The first-order valence-electron chi connectivity index (χ1n) is 10.0. The van der Waals surface area contributed by atoms with Gasteiger partial charge >= 0.3 is 0 Å². The van der Waals surface area contributed by atoms with E-state index in [1.807, 2.05) is 22.9 Å². The number of nitro benzene ring substituents is 1. The molecule has 11 heteroatoms. The van der Waals surface area contributed by atoms with Gasteiger partial charge in [-0.1, -0.05) is 12.1 Å². The highest BCUT2D eigenvalue weighted by Crippen LogP contribution is 2.44. The van der Waals surface area contributed by atoms with Crippen molar-refractivity contribution >= 4 is 15.7 Å². The Bertz CT molecular complexity index is 1280. The van der Waals surface area contributed by atoms with E-state index in [2.05, 4.69) is 0 Å². The van der Waals surface area contributed by atoms with E-state index >= 15 is 0 Å². The Morgan fingerprint density at radius 2 is 1.64 bits per heavy atom. The first-order valence-corrected chi connectivity index (χ1v) is 11.5. The molecule has 0 aliphatic carbocycles. The first-order chi connectivity index (χ1) is 15.8. The van der Waals surface area contributed by atoms with Crippen molar-refractivity contribution in [2.45, 2.75) is 17.5 Å². The van der Waals surface area contributed by atoms with Gasteiger partial charge in [0.1, 0.15) is 0 Å². The smallest absolute Gasteiger partial charge is 0.289 e. The van der Waals surface area contributed by atoms with Crippen LogP contribution in [-0.4, -0.2) is 50.1 Å². The highest BCUT2D eigenvalue weighted by molar-refractivity contribution is 7.89. The van der Waals surface area contributed by atoms with Crippen LogP contribution in [0.5, 0.6) is 17.2 Å². The fourth-order valence-electron chi connectivity index (χ4n) is 4.17. The number of hydrogen-bond donors (Lipinski definition) is 0. The maximum atomic E-state index is 13.8. The van der Waals surface area contributed by atoms with Crippen molar-refractivity contribution < 1.29 is 27.6 Å². The summed E-state index contributed by atoms with van der Waals surface area (Å²) in [5.41, 5.74) is 0.825. The van der Waals surface area contributed by atoms with Crippen LogP contribution in [0.3, 0.4) is 0 Å². The molecule has 0 radical (unpaired) electrons. The summed E-state index contributed by atoms with van der Waals surface area (Å²) < 4.78 is 47.1. The Kier molecular flexibility index (Phi) is 6.00. The van der Waals surface area contributed by atoms with Crippen LogP contribution in [0.1, 0.15) is 17.3 Å². The average molecular weight is 474 g/mol. The Hall–Kier alpha value is -3.57. The lowest BCUT2D eigenvalue weighted by atomic mass is 10.0. The molecule has 0 saturated carbocycles. The van der Waals surface area contributed by atoms with Gasteiger partial charge in [0, 0.05) is 31.0 Å². The van der Waals surface area contributed by atoms with Crippen molar-refractivity contribution in [2.75, 3.05) is 27.9 Å². The number of methoxy groups -OCH3 is 3. The van der Waals surface area contributed by atoms with Gasteiger partial charge in [-0.25, -0.2) is 8.42 Å². The van der Waals surface area contributed by atoms with E-state index in [-0.39, 0.29) is 11.4 Å². The summed E-state index contributed by atoms with van der Waals surface area (Å²) in [6.07, 6.45) is 1.87. The van der Waals surface area contributed by atoms with E-state index in [1.165, 1.54) is 49.9 Å². The topological polar surface area (TPSA) is 113 Å². The number of nitrogens with zero attached hydrogens (tertiary/aromatic N) is 3. The highest BCUT2D eigenvalue weighted by atomic mass is 32.2. The second kappa shape index (κ2) is 8.75. The van der Waals surface area contributed by atoms with Gasteiger partial charge in [-0.2, -0.15) is 4.31 Å². The molecule has 2 heterocycles. The lowest BCUT2D eigenvalue weighted by Gasteiger charge is -2.36. The summed E-state index contributed by atoms with van der Waals surface area (Å²) >= 11 is 0. The molecule has 174 valence electrons. The minimum absolute atomic E-state index is 0.122. The van der Waals surface area contributed by atoms with E-state index < -0.39 is 26.7 Å².